The Balaban J connectivity index is 1.51. The summed E-state index contributed by atoms with van der Waals surface area (Å²) in [7, 11) is 0. The lowest BCUT2D eigenvalue weighted by Crippen LogP contribution is -2.31. The van der Waals surface area contributed by atoms with Crippen molar-refractivity contribution in [2.75, 3.05) is 11.4 Å². The smallest absolute Gasteiger partial charge is 0.269 e. The van der Waals surface area contributed by atoms with Gasteiger partial charge in [0.25, 0.3) is 5.69 Å². The first-order chi connectivity index (χ1) is 14.2. The molecule has 0 N–H and O–H groups in total. The van der Waals surface area contributed by atoms with Gasteiger partial charge < -0.3 is 4.90 Å². The summed E-state index contributed by atoms with van der Waals surface area (Å²) >= 11 is 0. The van der Waals surface area contributed by atoms with Crippen LogP contribution in [0.1, 0.15) is 35.7 Å². The first kappa shape index (κ1) is 16.4. The second kappa shape index (κ2) is 5.97. The molecule has 2 aromatic carbocycles. The van der Waals surface area contributed by atoms with Gasteiger partial charge in [0.2, 0.25) is 0 Å². The summed E-state index contributed by atoms with van der Waals surface area (Å²) in [6, 6.07) is 13.3. The van der Waals surface area contributed by atoms with Crippen LogP contribution in [-0.2, 0) is 13.0 Å². The minimum atomic E-state index is -0.335. The molecular weight excluding hydrogens is 368 g/mol. The van der Waals surface area contributed by atoms with E-state index >= 15 is 0 Å². The minimum absolute atomic E-state index is 0.133. The van der Waals surface area contributed by atoms with Gasteiger partial charge in [0.1, 0.15) is 0 Å². The van der Waals surface area contributed by atoms with Crippen molar-refractivity contribution in [1.82, 2.24) is 19.8 Å². The average molecular weight is 386 g/mol. The molecule has 1 aliphatic carbocycles. The molecule has 2 aliphatic rings. The van der Waals surface area contributed by atoms with E-state index in [4.69, 9.17) is 5.10 Å². The molecule has 1 aliphatic heterocycles. The Morgan fingerprint density at radius 1 is 1.03 bits per heavy atom. The number of hydrogen-bond acceptors (Lipinski definition) is 6. The van der Waals surface area contributed by atoms with Crippen LogP contribution in [0.4, 0.5) is 11.5 Å². The molecule has 0 bridgehead atoms. The zero-order valence-corrected chi connectivity index (χ0v) is 15.7. The number of rotatable bonds is 3. The molecular formula is C21H18N6O2. The molecule has 0 atom stereocenters. The van der Waals surface area contributed by atoms with Crippen molar-refractivity contribution in [3.05, 3.63) is 69.5 Å². The number of fused-ring (bicyclic) bond motifs is 4. The summed E-state index contributed by atoms with van der Waals surface area (Å²) in [6.07, 6.45) is 3.09. The third kappa shape index (κ3) is 2.55. The van der Waals surface area contributed by atoms with Crippen molar-refractivity contribution in [2.45, 2.75) is 31.7 Å². The standard InChI is InChI=1S/C21H18N6O2/c28-27(29)16-8-7-13-9-10-25(12-15(13)11-16)21-18-4-2-1-3-17(18)20-23-22-19(14-5-6-14)26(20)24-21/h1-4,7-8,11,14H,5-6,9-10,12H2. The molecule has 2 aromatic heterocycles. The molecule has 0 radical (unpaired) electrons. The molecule has 8 heteroatoms. The van der Waals surface area contributed by atoms with Crippen molar-refractivity contribution < 1.29 is 4.92 Å². The Labute approximate surface area is 165 Å². The summed E-state index contributed by atoms with van der Waals surface area (Å²) < 4.78 is 1.90. The molecule has 144 valence electrons. The molecule has 0 saturated heterocycles. The van der Waals surface area contributed by atoms with Crippen LogP contribution in [0.5, 0.6) is 0 Å². The van der Waals surface area contributed by atoms with Crippen LogP contribution < -0.4 is 4.90 Å². The summed E-state index contributed by atoms with van der Waals surface area (Å²) in [5, 5.41) is 27.1. The monoisotopic (exact) mass is 386 g/mol. The molecule has 8 nitrogen and oxygen atoms in total. The van der Waals surface area contributed by atoms with E-state index in [1.54, 1.807) is 12.1 Å². The van der Waals surface area contributed by atoms with Gasteiger partial charge in [-0.25, -0.2) is 0 Å². The molecule has 6 rings (SSSR count). The molecule has 3 heterocycles. The predicted octanol–water partition coefficient (Wildman–Crippen LogP) is 3.63. The lowest BCUT2D eigenvalue weighted by atomic mass is 9.98. The number of anilines is 1. The van der Waals surface area contributed by atoms with Gasteiger partial charge in [0, 0.05) is 41.9 Å². The van der Waals surface area contributed by atoms with Crippen molar-refractivity contribution in [3.63, 3.8) is 0 Å². The van der Waals surface area contributed by atoms with E-state index in [9.17, 15) is 10.1 Å². The van der Waals surface area contributed by atoms with Crippen LogP contribution in [-0.4, -0.2) is 31.3 Å². The summed E-state index contributed by atoms with van der Waals surface area (Å²) in [5.74, 6) is 2.25. The van der Waals surface area contributed by atoms with Crippen molar-refractivity contribution in [3.8, 4) is 0 Å². The average Bonchev–Trinajstić information content (AvgIpc) is 3.51. The Morgan fingerprint density at radius 3 is 2.66 bits per heavy atom. The van der Waals surface area contributed by atoms with E-state index in [2.05, 4.69) is 27.2 Å². The molecule has 0 unspecified atom stereocenters. The topological polar surface area (TPSA) is 89.5 Å². The molecule has 1 saturated carbocycles. The SMILES string of the molecule is O=[N+]([O-])c1ccc2c(c1)CN(c1nn3c(C4CC4)nnc3c3ccccc13)CC2. The maximum Gasteiger partial charge on any atom is 0.269 e. The van der Waals surface area contributed by atoms with E-state index < -0.39 is 0 Å². The van der Waals surface area contributed by atoms with E-state index in [1.807, 2.05) is 22.7 Å². The van der Waals surface area contributed by atoms with Crippen LogP contribution in [0.3, 0.4) is 0 Å². The molecule has 4 aromatic rings. The quantitative estimate of drug-likeness (QED) is 0.395. The number of aromatic nitrogens is 4. The molecule has 1 fully saturated rings. The van der Waals surface area contributed by atoms with Gasteiger partial charge >= 0.3 is 0 Å². The van der Waals surface area contributed by atoms with Gasteiger partial charge in [-0.2, -0.15) is 4.52 Å². The zero-order chi connectivity index (χ0) is 19.5. The highest BCUT2D eigenvalue weighted by Crippen LogP contribution is 2.40. The van der Waals surface area contributed by atoms with Crippen molar-refractivity contribution >= 4 is 27.9 Å². The van der Waals surface area contributed by atoms with E-state index in [0.29, 0.717) is 12.5 Å². The third-order valence-electron chi connectivity index (χ3n) is 5.92. The third-order valence-corrected chi connectivity index (χ3v) is 5.92. The lowest BCUT2D eigenvalue weighted by Gasteiger charge is -2.30. The van der Waals surface area contributed by atoms with Gasteiger partial charge in [-0.15, -0.1) is 15.3 Å². The second-order valence-electron chi connectivity index (χ2n) is 7.82. The van der Waals surface area contributed by atoms with Crippen LogP contribution in [0.25, 0.3) is 16.4 Å². The summed E-state index contributed by atoms with van der Waals surface area (Å²) in [5.41, 5.74) is 3.08. The number of non-ortho nitro benzene ring substituents is 1. The predicted molar refractivity (Wildman–Crippen MR) is 108 cm³/mol. The minimum Gasteiger partial charge on any atom is -0.350 e. The lowest BCUT2D eigenvalue weighted by molar-refractivity contribution is -0.384. The normalized spacial score (nSPS) is 16.3. The fourth-order valence-electron chi connectivity index (χ4n) is 4.25. The van der Waals surface area contributed by atoms with Gasteiger partial charge in [-0.1, -0.05) is 30.3 Å². The molecule has 0 spiro atoms. The number of hydrogen-bond donors (Lipinski definition) is 0. The number of nitro benzene ring substituents is 1. The zero-order valence-electron chi connectivity index (χ0n) is 15.7. The highest BCUT2D eigenvalue weighted by molar-refractivity contribution is 6.00. The first-order valence-electron chi connectivity index (χ1n) is 9.84. The Bertz CT molecular complexity index is 1290. The van der Waals surface area contributed by atoms with Crippen molar-refractivity contribution in [1.29, 1.82) is 0 Å². The van der Waals surface area contributed by atoms with E-state index in [1.165, 1.54) is 5.56 Å². The van der Waals surface area contributed by atoms with E-state index in [0.717, 1.165) is 59.4 Å². The van der Waals surface area contributed by atoms with E-state index in [-0.39, 0.29) is 10.6 Å². The Morgan fingerprint density at radius 2 is 1.86 bits per heavy atom. The molecule has 29 heavy (non-hydrogen) atoms. The van der Waals surface area contributed by atoms with Crippen LogP contribution in [0.2, 0.25) is 0 Å². The number of nitro groups is 1. The largest absolute Gasteiger partial charge is 0.350 e. The summed E-state index contributed by atoms with van der Waals surface area (Å²) in [6.45, 7) is 1.41. The fraction of sp³-hybridized carbons (Fsp3) is 0.286. The van der Waals surface area contributed by atoms with Gasteiger partial charge in [0.05, 0.1) is 4.92 Å². The highest BCUT2D eigenvalue weighted by Gasteiger charge is 2.31. The van der Waals surface area contributed by atoms with Crippen LogP contribution >= 0.6 is 0 Å². The fourth-order valence-corrected chi connectivity index (χ4v) is 4.25. The second-order valence-corrected chi connectivity index (χ2v) is 7.82. The van der Waals surface area contributed by atoms with Gasteiger partial charge in [0.15, 0.2) is 17.3 Å². The Kier molecular flexibility index (Phi) is 3.38. The van der Waals surface area contributed by atoms with Gasteiger partial charge in [-0.3, -0.25) is 10.1 Å². The maximum atomic E-state index is 11.2. The van der Waals surface area contributed by atoms with Crippen LogP contribution in [0, 0.1) is 10.1 Å². The molecule has 0 amide bonds. The Hall–Kier alpha value is -3.55. The summed E-state index contributed by atoms with van der Waals surface area (Å²) in [4.78, 5) is 13.1. The van der Waals surface area contributed by atoms with Crippen LogP contribution in [0.15, 0.2) is 42.5 Å². The maximum absolute atomic E-state index is 11.2. The van der Waals surface area contributed by atoms with Gasteiger partial charge in [-0.05, 0) is 30.4 Å². The highest BCUT2D eigenvalue weighted by atomic mass is 16.6. The first-order valence-corrected chi connectivity index (χ1v) is 9.84. The number of benzene rings is 2. The number of nitrogens with zero attached hydrogens (tertiary/aromatic N) is 6. The van der Waals surface area contributed by atoms with Crippen molar-refractivity contribution in [2.24, 2.45) is 0 Å².